The van der Waals surface area contributed by atoms with E-state index in [1.165, 1.54) is 4.90 Å². The normalized spacial score (nSPS) is 21.8. The van der Waals surface area contributed by atoms with Gasteiger partial charge < -0.3 is 14.7 Å². The topological polar surface area (TPSA) is 66.8 Å². The number of ether oxygens (including phenoxy) is 1. The number of carboxylic acids is 1. The van der Waals surface area contributed by atoms with Crippen LogP contribution in [0.2, 0.25) is 0 Å². The van der Waals surface area contributed by atoms with E-state index in [1.54, 1.807) is 6.92 Å². The van der Waals surface area contributed by atoms with Crippen LogP contribution in [0.15, 0.2) is 18.2 Å². The predicted octanol–water partition coefficient (Wildman–Crippen LogP) is 2.91. The Morgan fingerprint density at radius 2 is 2.00 bits per heavy atom. The fraction of sp³-hybridized carbons (Fsp3) is 0.556. The zero-order chi connectivity index (χ0) is 18.1. The van der Waals surface area contributed by atoms with Crippen molar-refractivity contribution in [3.63, 3.8) is 0 Å². The molecule has 1 aliphatic rings. The van der Waals surface area contributed by atoms with Crippen molar-refractivity contribution < 1.29 is 23.8 Å². The second kappa shape index (κ2) is 6.79. The van der Waals surface area contributed by atoms with Crippen molar-refractivity contribution in [3.8, 4) is 5.75 Å². The SMILES string of the molecule is Cc1ccc(C(C)C)c(OC(C)C(=O)N2CCC(F)(C(=O)O)C2)c1. The van der Waals surface area contributed by atoms with Crippen LogP contribution >= 0.6 is 0 Å². The first kappa shape index (κ1) is 18.2. The van der Waals surface area contributed by atoms with Crippen LogP contribution in [0.4, 0.5) is 4.39 Å². The molecule has 24 heavy (non-hydrogen) atoms. The predicted molar refractivity (Wildman–Crippen MR) is 88.0 cm³/mol. The van der Waals surface area contributed by atoms with Crippen LogP contribution in [0.1, 0.15) is 44.2 Å². The summed E-state index contributed by atoms with van der Waals surface area (Å²) in [5.41, 5.74) is -0.349. The Morgan fingerprint density at radius 3 is 2.54 bits per heavy atom. The van der Waals surface area contributed by atoms with Crippen molar-refractivity contribution in [2.75, 3.05) is 13.1 Å². The molecule has 0 aliphatic carbocycles. The van der Waals surface area contributed by atoms with Crippen LogP contribution < -0.4 is 4.74 Å². The van der Waals surface area contributed by atoms with Crippen LogP contribution in [0.5, 0.6) is 5.75 Å². The molecule has 1 aliphatic heterocycles. The minimum Gasteiger partial charge on any atom is -0.481 e. The van der Waals surface area contributed by atoms with Gasteiger partial charge >= 0.3 is 5.97 Å². The van der Waals surface area contributed by atoms with E-state index in [1.807, 2.05) is 39.0 Å². The summed E-state index contributed by atoms with van der Waals surface area (Å²) < 4.78 is 20.0. The highest BCUT2D eigenvalue weighted by Crippen LogP contribution is 2.30. The zero-order valence-electron chi connectivity index (χ0n) is 14.5. The van der Waals surface area contributed by atoms with Gasteiger partial charge in [-0.1, -0.05) is 26.0 Å². The fourth-order valence-corrected chi connectivity index (χ4v) is 2.85. The number of rotatable bonds is 5. The molecule has 1 aromatic carbocycles. The molecule has 5 nitrogen and oxygen atoms in total. The van der Waals surface area contributed by atoms with Crippen LogP contribution in [-0.4, -0.2) is 46.7 Å². The summed E-state index contributed by atoms with van der Waals surface area (Å²) in [6, 6.07) is 5.83. The number of hydrogen-bond acceptors (Lipinski definition) is 3. The van der Waals surface area contributed by atoms with Gasteiger partial charge in [0.1, 0.15) is 5.75 Å². The molecule has 2 unspecified atom stereocenters. The summed E-state index contributed by atoms with van der Waals surface area (Å²) in [5.74, 6) is -1.05. The molecule has 0 spiro atoms. The average Bonchev–Trinajstić information content (AvgIpc) is 2.90. The maximum Gasteiger partial charge on any atom is 0.343 e. The van der Waals surface area contributed by atoms with Crippen molar-refractivity contribution in [3.05, 3.63) is 29.3 Å². The number of likely N-dealkylation sites (tertiary alicyclic amines) is 1. The molecular weight excluding hydrogens is 313 g/mol. The molecule has 2 atom stereocenters. The molecule has 2 rings (SSSR count). The molecule has 1 heterocycles. The summed E-state index contributed by atoms with van der Waals surface area (Å²) in [6.07, 6.45) is -0.997. The molecule has 1 saturated heterocycles. The summed E-state index contributed by atoms with van der Waals surface area (Å²) in [6.45, 7) is 7.27. The molecule has 1 amide bonds. The van der Waals surface area contributed by atoms with E-state index >= 15 is 0 Å². The number of hydrogen-bond donors (Lipinski definition) is 1. The summed E-state index contributed by atoms with van der Waals surface area (Å²) in [5, 5.41) is 8.93. The van der Waals surface area contributed by atoms with E-state index in [0.717, 1.165) is 11.1 Å². The number of benzene rings is 1. The first-order valence-corrected chi connectivity index (χ1v) is 8.12. The van der Waals surface area contributed by atoms with Crippen LogP contribution in [-0.2, 0) is 9.59 Å². The summed E-state index contributed by atoms with van der Waals surface area (Å²) in [7, 11) is 0. The van der Waals surface area contributed by atoms with Crippen LogP contribution in [0, 0.1) is 6.92 Å². The number of aryl methyl sites for hydroxylation is 1. The monoisotopic (exact) mass is 337 g/mol. The second-order valence-electron chi connectivity index (χ2n) is 6.74. The van der Waals surface area contributed by atoms with Crippen LogP contribution in [0.3, 0.4) is 0 Å². The van der Waals surface area contributed by atoms with Gasteiger partial charge in [0.05, 0.1) is 6.54 Å². The molecule has 0 radical (unpaired) electrons. The Morgan fingerprint density at radius 1 is 1.33 bits per heavy atom. The van der Waals surface area contributed by atoms with Gasteiger partial charge in [-0.25, -0.2) is 9.18 Å². The van der Waals surface area contributed by atoms with Gasteiger partial charge in [-0.05, 0) is 37.0 Å². The fourth-order valence-electron chi connectivity index (χ4n) is 2.85. The number of carbonyl (C=O) groups is 2. The number of alkyl halides is 1. The maximum atomic E-state index is 14.1. The lowest BCUT2D eigenvalue weighted by atomic mass is 10.0. The lowest BCUT2D eigenvalue weighted by molar-refractivity contribution is -0.150. The quantitative estimate of drug-likeness (QED) is 0.897. The van der Waals surface area contributed by atoms with E-state index < -0.39 is 30.2 Å². The van der Waals surface area contributed by atoms with Crippen molar-refractivity contribution in [2.45, 2.75) is 51.8 Å². The van der Waals surface area contributed by atoms with Crippen LogP contribution in [0.25, 0.3) is 0 Å². The van der Waals surface area contributed by atoms with Gasteiger partial charge in [0.2, 0.25) is 5.67 Å². The molecule has 1 N–H and O–H groups in total. The van der Waals surface area contributed by atoms with Gasteiger partial charge in [-0.15, -0.1) is 0 Å². The first-order chi connectivity index (χ1) is 11.1. The van der Waals surface area contributed by atoms with Crippen molar-refractivity contribution >= 4 is 11.9 Å². The second-order valence-corrected chi connectivity index (χ2v) is 6.74. The number of carbonyl (C=O) groups excluding carboxylic acids is 1. The number of halogens is 1. The minimum atomic E-state index is -2.36. The third kappa shape index (κ3) is 3.68. The Kier molecular flexibility index (Phi) is 5.16. The zero-order valence-corrected chi connectivity index (χ0v) is 14.5. The molecule has 1 aromatic rings. The Labute approximate surface area is 141 Å². The molecule has 1 fully saturated rings. The molecular formula is C18H24FNO4. The van der Waals surface area contributed by atoms with E-state index in [-0.39, 0.29) is 18.9 Å². The summed E-state index contributed by atoms with van der Waals surface area (Å²) in [4.78, 5) is 24.7. The van der Waals surface area contributed by atoms with Gasteiger partial charge in [0.15, 0.2) is 6.10 Å². The molecule has 0 aromatic heterocycles. The molecule has 132 valence electrons. The largest absolute Gasteiger partial charge is 0.481 e. The van der Waals surface area contributed by atoms with Crippen molar-refractivity contribution in [1.82, 2.24) is 4.90 Å². The Bertz CT molecular complexity index is 646. The number of nitrogens with zero attached hydrogens (tertiary/aromatic N) is 1. The van der Waals surface area contributed by atoms with Gasteiger partial charge in [-0.3, -0.25) is 4.79 Å². The van der Waals surface area contributed by atoms with Crippen molar-refractivity contribution in [1.29, 1.82) is 0 Å². The third-order valence-corrected chi connectivity index (χ3v) is 4.36. The number of aliphatic carboxylic acids is 1. The van der Waals surface area contributed by atoms with E-state index in [2.05, 4.69) is 0 Å². The maximum absolute atomic E-state index is 14.1. The van der Waals surface area contributed by atoms with E-state index in [9.17, 15) is 14.0 Å². The van der Waals surface area contributed by atoms with E-state index in [4.69, 9.17) is 9.84 Å². The van der Waals surface area contributed by atoms with Gasteiger partial charge in [0, 0.05) is 13.0 Å². The third-order valence-electron chi connectivity index (χ3n) is 4.36. The Hall–Kier alpha value is -2.11. The lowest BCUT2D eigenvalue weighted by Gasteiger charge is -2.24. The van der Waals surface area contributed by atoms with Crippen molar-refractivity contribution in [2.24, 2.45) is 0 Å². The van der Waals surface area contributed by atoms with Gasteiger partial charge in [0.25, 0.3) is 5.91 Å². The van der Waals surface area contributed by atoms with Gasteiger partial charge in [-0.2, -0.15) is 0 Å². The highest BCUT2D eigenvalue weighted by molar-refractivity contribution is 5.84. The summed E-state index contributed by atoms with van der Waals surface area (Å²) >= 11 is 0. The molecule has 0 saturated carbocycles. The molecule has 0 bridgehead atoms. The minimum absolute atomic E-state index is 0.0835. The lowest BCUT2D eigenvalue weighted by Crippen LogP contribution is -2.43. The van der Waals surface area contributed by atoms with E-state index in [0.29, 0.717) is 5.75 Å². The smallest absolute Gasteiger partial charge is 0.343 e. The Balaban J connectivity index is 2.11. The first-order valence-electron chi connectivity index (χ1n) is 8.12. The number of carboxylic acid groups (broad SMARTS) is 1. The highest BCUT2D eigenvalue weighted by atomic mass is 19.1. The standard InChI is InChI=1S/C18H24FNO4/c1-11(2)14-6-5-12(3)9-15(14)24-13(4)16(21)20-8-7-18(19,10-20)17(22)23/h5-6,9,11,13H,7-8,10H2,1-4H3,(H,22,23). The highest BCUT2D eigenvalue weighted by Gasteiger charge is 2.47. The number of amides is 1. The molecule has 6 heteroatoms. The average molecular weight is 337 g/mol.